The van der Waals surface area contributed by atoms with E-state index in [1.54, 1.807) is 0 Å². The molecule has 0 aliphatic carbocycles. The van der Waals surface area contributed by atoms with Gasteiger partial charge in [-0.05, 0) is 12.8 Å². The number of carbonyl (C=O) groups is 1. The lowest BCUT2D eigenvalue weighted by Crippen LogP contribution is -2.58. The number of ether oxygens (including phenoxy) is 2. The summed E-state index contributed by atoms with van der Waals surface area (Å²) < 4.78 is 10.5. The van der Waals surface area contributed by atoms with Gasteiger partial charge in [0.2, 0.25) is 5.76 Å². The van der Waals surface area contributed by atoms with E-state index in [0.29, 0.717) is 25.0 Å². The van der Waals surface area contributed by atoms with Gasteiger partial charge in [0.1, 0.15) is 19.5 Å². The van der Waals surface area contributed by atoms with Crippen LogP contribution in [-0.2, 0) is 14.3 Å². The van der Waals surface area contributed by atoms with E-state index in [1.165, 1.54) is 6.26 Å². The Morgan fingerprint density at radius 1 is 1.44 bits per heavy atom. The third-order valence-corrected chi connectivity index (χ3v) is 3.58. The van der Waals surface area contributed by atoms with E-state index in [-0.39, 0.29) is 11.9 Å². The van der Waals surface area contributed by atoms with Crippen molar-refractivity contribution in [2.45, 2.75) is 38.8 Å². The van der Waals surface area contributed by atoms with Crippen LogP contribution in [0.5, 0.6) is 0 Å². The predicted molar refractivity (Wildman–Crippen MR) is 67.9 cm³/mol. The van der Waals surface area contributed by atoms with Crippen LogP contribution in [0, 0.1) is 0 Å². The van der Waals surface area contributed by atoms with Crippen LogP contribution in [-0.4, -0.2) is 49.2 Å². The molecule has 0 radical (unpaired) electrons. The maximum absolute atomic E-state index is 12.4. The van der Waals surface area contributed by atoms with Gasteiger partial charge in [-0.15, -0.1) is 0 Å². The topological polar surface area (TPSA) is 50.8 Å². The van der Waals surface area contributed by atoms with Crippen LogP contribution in [0.25, 0.3) is 0 Å². The van der Waals surface area contributed by atoms with Crippen molar-refractivity contribution in [3.8, 4) is 0 Å². The molecule has 2 heterocycles. The Morgan fingerprint density at radius 3 is 2.89 bits per heavy atom. The zero-order chi connectivity index (χ0) is 13.0. The molecule has 2 aliphatic heterocycles. The molecule has 1 fully saturated rings. The van der Waals surface area contributed by atoms with Crippen molar-refractivity contribution in [2.75, 3.05) is 26.3 Å². The lowest BCUT2D eigenvalue weighted by atomic mass is 10.0. The number of rotatable bonds is 3. The quantitative estimate of drug-likeness (QED) is 0.811. The summed E-state index contributed by atoms with van der Waals surface area (Å²) >= 11 is 0. The Hall–Kier alpha value is -1.23. The standard InChI is InChI=1S/C13H22N2O3/c1-3-10-8-15(11(4-2)7-14-10)13(16)12-9-17-5-6-18-12/h9-11,14H,3-8H2,1-2H3. The fraction of sp³-hybridized carbons (Fsp3) is 0.769. The summed E-state index contributed by atoms with van der Waals surface area (Å²) in [6.45, 7) is 6.81. The Morgan fingerprint density at radius 2 is 2.28 bits per heavy atom. The fourth-order valence-electron chi connectivity index (χ4n) is 2.37. The molecule has 0 aromatic rings. The molecule has 2 aliphatic rings. The number of amides is 1. The van der Waals surface area contributed by atoms with Crippen molar-refractivity contribution < 1.29 is 14.3 Å². The highest BCUT2D eigenvalue weighted by atomic mass is 16.6. The summed E-state index contributed by atoms with van der Waals surface area (Å²) in [4.78, 5) is 14.3. The third kappa shape index (κ3) is 2.77. The van der Waals surface area contributed by atoms with E-state index in [1.807, 2.05) is 4.90 Å². The van der Waals surface area contributed by atoms with Gasteiger partial charge in [-0.25, -0.2) is 0 Å². The molecule has 2 atom stereocenters. The Balaban J connectivity index is 2.07. The highest BCUT2D eigenvalue weighted by Crippen LogP contribution is 2.17. The number of carbonyl (C=O) groups excluding carboxylic acids is 1. The first-order chi connectivity index (χ1) is 8.76. The minimum atomic E-state index is -0.0403. The van der Waals surface area contributed by atoms with Gasteiger partial charge in [-0.3, -0.25) is 4.79 Å². The summed E-state index contributed by atoms with van der Waals surface area (Å²) in [5.74, 6) is 0.304. The molecule has 0 saturated carbocycles. The van der Waals surface area contributed by atoms with Gasteiger partial charge in [-0.2, -0.15) is 0 Å². The predicted octanol–water partition coefficient (Wildman–Crippen LogP) is 0.864. The average molecular weight is 254 g/mol. The molecular weight excluding hydrogens is 232 g/mol. The normalized spacial score (nSPS) is 28.1. The maximum atomic E-state index is 12.4. The van der Waals surface area contributed by atoms with Crippen LogP contribution in [0.15, 0.2) is 12.0 Å². The number of piperazine rings is 1. The second kappa shape index (κ2) is 6.09. The van der Waals surface area contributed by atoms with Crippen LogP contribution < -0.4 is 5.32 Å². The van der Waals surface area contributed by atoms with Crippen molar-refractivity contribution in [1.29, 1.82) is 0 Å². The lowest BCUT2D eigenvalue weighted by molar-refractivity contribution is -0.136. The van der Waals surface area contributed by atoms with Gasteiger partial charge >= 0.3 is 0 Å². The fourth-order valence-corrected chi connectivity index (χ4v) is 2.37. The monoisotopic (exact) mass is 254 g/mol. The highest BCUT2D eigenvalue weighted by molar-refractivity contribution is 5.91. The van der Waals surface area contributed by atoms with Crippen LogP contribution in [0.4, 0.5) is 0 Å². The Labute approximate surface area is 108 Å². The van der Waals surface area contributed by atoms with Crippen molar-refractivity contribution >= 4 is 5.91 Å². The Bertz CT molecular complexity index is 330. The summed E-state index contributed by atoms with van der Waals surface area (Å²) in [5, 5.41) is 3.47. The van der Waals surface area contributed by atoms with Gasteiger partial charge in [0, 0.05) is 25.2 Å². The second-order valence-corrected chi connectivity index (χ2v) is 4.73. The molecule has 1 amide bonds. The summed E-state index contributed by atoms with van der Waals surface area (Å²) in [5.41, 5.74) is 0. The smallest absolute Gasteiger partial charge is 0.292 e. The van der Waals surface area contributed by atoms with Crippen molar-refractivity contribution in [2.24, 2.45) is 0 Å². The van der Waals surface area contributed by atoms with Crippen molar-refractivity contribution in [3.63, 3.8) is 0 Å². The molecule has 1 N–H and O–H groups in total. The number of nitrogens with zero attached hydrogens (tertiary/aromatic N) is 1. The van der Waals surface area contributed by atoms with Crippen molar-refractivity contribution in [1.82, 2.24) is 10.2 Å². The first-order valence-corrected chi connectivity index (χ1v) is 6.75. The van der Waals surface area contributed by atoms with Gasteiger partial charge in [0.05, 0.1) is 0 Å². The number of hydrogen-bond donors (Lipinski definition) is 1. The molecule has 2 rings (SSSR count). The Kier molecular flexibility index (Phi) is 4.47. The van der Waals surface area contributed by atoms with E-state index < -0.39 is 0 Å². The molecule has 2 unspecified atom stereocenters. The van der Waals surface area contributed by atoms with Crippen molar-refractivity contribution in [3.05, 3.63) is 12.0 Å². The number of hydrogen-bond acceptors (Lipinski definition) is 4. The summed E-state index contributed by atoms with van der Waals surface area (Å²) in [7, 11) is 0. The lowest BCUT2D eigenvalue weighted by Gasteiger charge is -2.40. The first kappa shape index (κ1) is 13.2. The van der Waals surface area contributed by atoms with E-state index in [0.717, 1.165) is 25.9 Å². The first-order valence-electron chi connectivity index (χ1n) is 6.75. The highest BCUT2D eigenvalue weighted by Gasteiger charge is 2.32. The zero-order valence-electron chi connectivity index (χ0n) is 11.1. The molecule has 0 bridgehead atoms. The molecule has 5 nitrogen and oxygen atoms in total. The largest absolute Gasteiger partial charge is 0.494 e. The van der Waals surface area contributed by atoms with E-state index in [4.69, 9.17) is 9.47 Å². The van der Waals surface area contributed by atoms with E-state index >= 15 is 0 Å². The summed E-state index contributed by atoms with van der Waals surface area (Å²) in [6.07, 6.45) is 3.42. The minimum absolute atomic E-state index is 0.0403. The number of nitrogens with one attached hydrogen (secondary N) is 1. The van der Waals surface area contributed by atoms with Crippen LogP contribution in [0.1, 0.15) is 26.7 Å². The average Bonchev–Trinajstić information content (AvgIpc) is 2.46. The van der Waals surface area contributed by atoms with Crippen LogP contribution in [0.3, 0.4) is 0 Å². The van der Waals surface area contributed by atoms with E-state index in [9.17, 15) is 4.79 Å². The SMILES string of the molecule is CCC1CN(C(=O)C2=COCCO2)C(CC)CN1. The molecule has 0 aromatic heterocycles. The molecule has 5 heteroatoms. The van der Waals surface area contributed by atoms with E-state index in [2.05, 4.69) is 19.2 Å². The van der Waals surface area contributed by atoms with Gasteiger partial charge in [-0.1, -0.05) is 13.8 Å². The minimum Gasteiger partial charge on any atom is -0.494 e. The van der Waals surface area contributed by atoms with Crippen LogP contribution >= 0.6 is 0 Å². The molecule has 0 aromatic carbocycles. The molecular formula is C13H22N2O3. The molecule has 0 spiro atoms. The van der Waals surface area contributed by atoms with Crippen LogP contribution in [0.2, 0.25) is 0 Å². The molecule has 102 valence electrons. The van der Waals surface area contributed by atoms with Gasteiger partial charge < -0.3 is 19.7 Å². The third-order valence-electron chi connectivity index (χ3n) is 3.58. The zero-order valence-corrected chi connectivity index (χ0v) is 11.1. The maximum Gasteiger partial charge on any atom is 0.292 e. The molecule has 18 heavy (non-hydrogen) atoms. The summed E-state index contributed by atoms with van der Waals surface area (Å²) in [6, 6.07) is 0.619. The van der Waals surface area contributed by atoms with Gasteiger partial charge in [0.15, 0.2) is 0 Å². The molecule has 1 saturated heterocycles. The van der Waals surface area contributed by atoms with Gasteiger partial charge in [0.25, 0.3) is 5.91 Å². The second-order valence-electron chi connectivity index (χ2n) is 4.73.